The van der Waals surface area contributed by atoms with Crippen molar-refractivity contribution in [1.29, 1.82) is 0 Å². The number of hydrogen-bond donors (Lipinski definition) is 0. The molecule has 0 aliphatic carbocycles. The molecule has 1 heterocycles. The van der Waals surface area contributed by atoms with Gasteiger partial charge in [-0.05, 0) is 6.92 Å². The molecule has 1 aliphatic heterocycles. The van der Waals surface area contributed by atoms with Crippen LogP contribution in [0.25, 0.3) is 0 Å². The highest BCUT2D eigenvalue weighted by molar-refractivity contribution is 6.64. The Balaban J connectivity index is 2.89. The Hall–Kier alpha value is -1.19. The van der Waals surface area contributed by atoms with Gasteiger partial charge in [0.05, 0.1) is 0 Å². The fraction of sp³-hybridized carbons (Fsp3) is 0.250. The summed E-state index contributed by atoms with van der Waals surface area (Å²) in [6.45, 7) is 1.42. The van der Waals surface area contributed by atoms with Gasteiger partial charge in [-0.25, -0.2) is 4.79 Å². The second-order valence-corrected chi connectivity index (χ2v) is 1.38. The maximum Gasteiger partial charge on any atom is 0.407 e. The van der Waals surface area contributed by atoms with Gasteiger partial charge in [-0.1, -0.05) is 5.16 Å². The van der Waals surface area contributed by atoms with Crippen LogP contribution < -0.4 is 0 Å². The van der Waals surface area contributed by atoms with Gasteiger partial charge >= 0.3 is 5.97 Å². The zero-order chi connectivity index (χ0) is 6.15. The maximum atomic E-state index is 10.3. The summed E-state index contributed by atoms with van der Waals surface area (Å²) in [6.07, 6.45) is 0. The lowest BCUT2D eigenvalue weighted by Gasteiger charge is -1.74. The van der Waals surface area contributed by atoms with Crippen molar-refractivity contribution in [2.24, 2.45) is 5.16 Å². The van der Waals surface area contributed by atoms with Crippen molar-refractivity contribution in [3.63, 3.8) is 0 Å². The van der Waals surface area contributed by atoms with E-state index in [1.807, 2.05) is 0 Å². The molecule has 1 aliphatic rings. The first-order valence-corrected chi connectivity index (χ1v) is 2.02. The summed E-state index contributed by atoms with van der Waals surface area (Å²) in [4.78, 5) is 24.4. The Labute approximate surface area is 45.1 Å². The second-order valence-electron chi connectivity index (χ2n) is 1.38. The Bertz CT molecular complexity index is 182. The van der Waals surface area contributed by atoms with E-state index in [9.17, 15) is 9.59 Å². The Morgan fingerprint density at radius 1 is 1.50 bits per heavy atom. The molecule has 0 amide bonds. The van der Waals surface area contributed by atoms with Gasteiger partial charge in [0.1, 0.15) is 5.71 Å². The van der Waals surface area contributed by atoms with Gasteiger partial charge < -0.3 is 4.84 Å². The van der Waals surface area contributed by atoms with E-state index in [0.717, 1.165) is 0 Å². The number of nitrogens with zero attached hydrogens (tertiary/aromatic N) is 1. The molecule has 8 heavy (non-hydrogen) atoms. The van der Waals surface area contributed by atoms with E-state index >= 15 is 0 Å². The normalized spacial score (nSPS) is 18.4. The molecule has 42 valence electrons. The first-order valence-electron chi connectivity index (χ1n) is 2.02. The number of ketones is 1. The van der Waals surface area contributed by atoms with Crippen LogP contribution in [0.5, 0.6) is 0 Å². The summed E-state index contributed by atoms with van der Waals surface area (Å²) in [5, 5.41) is 3.12. The Kier molecular flexibility index (Phi) is 0.865. The van der Waals surface area contributed by atoms with Crippen LogP contribution in [0.3, 0.4) is 0 Å². The van der Waals surface area contributed by atoms with Gasteiger partial charge in [-0.15, -0.1) is 0 Å². The third-order valence-electron chi connectivity index (χ3n) is 0.779. The first-order chi connectivity index (χ1) is 3.72. The van der Waals surface area contributed by atoms with Gasteiger partial charge in [0.15, 0.2) is 0 Å². The highest BCUT2D eigenvalue weighted by atomic mass is 16.7. The first kappa shape index (κ1) is 4.96. The molecule has 4 nitrogen and oxygen atoms in total. The average molecular weight is 113 g/mol. The van der Waals surface area contributed by atoms with E-state index in [4.69, 9.17) is 0 Å². The zero-order valence-electron chi connectivity index (χ0n) is 4.17. The van der Waals surface area contributed by atoms with Crippen LogP contribution in [0.15, 0.2) is 5.16 Å². The van der Waals surface area contributed by atoms with Crippen molar-refractivity contribution < 1.29 is 14.4 Å². The molecule has 0 aromatic rings. The van der Waals surface area contributed by atoms with E-state index in [2.05, 4.69) is 9.99 Å². The van der Waals surface area contributed by atoms with Crippen LogP contribution >= 0.6 is 0 Å². The highest BCUT2D eigenvalue weighted by Gasteiger charge is 2.25. The summed E-state index contributed by atoms with van der Waals surface area (Å²) >= 11 is 0. The molecule has 0 saturated heterocycles. The van der Waals surface area contributed by atoms with Crippen molar-refractivity contribution in [2.45, 2.75) is 6.92 Å². The highest BCUT2D eigenvalue weighted by Crippen LogP contribution is 1.95. The molecule has 0 N–H and O–H groups in total. The third kappa shape index (κ3) is 0.501. The van der Waals surface area contributed by atoms with Crippen LogP contribution in [0.2, 0.25) is 0 Å². The molecular formula is C4H3NO3. The lowest BCUT2D eigenvalue weighted by molar-refractivity contribution is -0.148. The second kappa shape index (κ2) is 1.40. The van der Waals surface area contributed by atoms with E-state index in [-0.39, 0.29) is 5.71 Å². The zero-order valence-corrected chi connectivity index (χ0v) is 4.17. The van der Waals surface area contributed by atoms with Crippen LogP contribution in [-0.4, -0.2) is 17.5 Å². The minimum Gasteiger partial charge on any atom is -0.309 e. The summed E-state index contributed by atoms with van der Waals surface area (Å²) < 4.78 is 0. The molecule has 1 rings (SSSR count). The quantitative estimate of drug-likeness (QED) is 0.314. The number of carbonyl (C=O) groups excluding carboxylic acids is 2. The van der Waals surface area contributed by atoms with E-state index in [1.165, 1.54) is 6.92 Å². The van der Waals surface area contributed by atoms with Gasteiger partial charge in [-0.3, -0.25) is 4.79 Å². The Morgan fingerprint density at radius 3 is 2.25 bits per heavy atom. The van der Waals surface area contributed by atoms with Crippen molar-refractivity contribution in [2.75, 3.05) is 0 Å². The minimum absolute atomic E-state index is 0.120. The van der Waals surface area contributed by atoms with Crippen LogP contribution in [0, 0.1) is 0 Å². The molecule has 0 aromatic carbocycles. The van der Waals surface area contributed by atoms with Crippen LogP contribution in [-0.2, 0) is 14.4 Å². The predicted octanol–water partition coefficient (Wildman–Crippen LogP) is -0.512. The molecule has 0 radical (unpaired) electrons. The Morgan fingerprint density at radius 2 is 2.12 bits per heavy atom. The van der Waals surface area contributed by atoms with E-state index in [1.54, 1.807) is 0 Å². The lowest BCUT2D eigenvalue weighted by atomic mass is 10.3. The van der Waals surface area contributed by atoms with Crippen LogP contribution in [0.1, 0.15) is 6.92 Å². The van der Waals surface area contributed by atoms with Gasteiger partial charge in [0.2, 0.25) is 0 Å². The lowest BCUT2D eigenvalue weighted by Crippen LogP contribution is -2.13. The van der Waals surface area contributed by atoms with Gasteiger partial charge in [0, 0.05) is 0 Å². The van der Waals surface area contributed by atoms with E-state index in [0.29, 0.717) is 0 Å². The summed E-state index contributed by atoms with van der Waals surface area (Å²) in [6, 6.07) is 0. The molecule has 0 bridgehead atoms. The topological polar surface area (TPSA) is 55.7 Å². The third-order valence-corrected chi connectivity index (χ3v) is 0.779. The molecule has 4 heteroatoms. The molecule has 0 unspecified atom stereocenters. The average Bonchev–Trinajstić information content (AvgIpc) is 1.98. The number of rotatable bonds is 0. The monoisotopic (exact) mass is 113 g/mol. The van der Waals surface area contributed by atoms with Crippen molar-refractivity contribution in [3.8, 4) is 0 Å². The standard InChI is InChI=1S/C4H3NO3/c1-2-3(6)4(7)8-5-2/h1H3. The van der Waals surface area contributed by atoms with Gasteiger partial charge in [0.25, 0.3) is 5.78 Å². The summed E-state index contributed by atoms with van der Waals surface area (Å²) in [5.41, 5.74) is 0.120. The number of oxime groups is 1. The molecule has 0 atom stereocenters. The number of hydrogen-bond acceptors (Lipinski definition) is 4. The molecule has 0 spiro atoms. The minimum atomic E-state index is -0.887. The number of Topliss-reactive ketones (excluding diaryl/α,β-unsaturated/α-hetero) is 1. The SMILES string of the molecule is CC1=NOC(=O)C1=O. The summed E-state index contributed by atoms with van der Waals surface area (Å²) in [5.74, 6) is -1.53. The predicted molar refractivity (Wildman–Crippen MR) is 24.2 cm³/mol. The van der Waals surface area contributed by atoms with Crippen molar-refractivity contribution in [3.05, 3.63) is 0 Å². The fourth-order valence-electron chi connectivity index (χ4n) is 0.341. The van der Waals surface area contributed by atoms with Crippen molar-refractivity contribution >= 4 is 17.5 Å². The smallest absolute Gasteiger partial charge is 0.309 e. The fourth-order valence-corrected chi connectivity index (χ4v) is 0.341. The maximum absolute atomic E-state index is 10.3. The number of carbonyl (C=O) groups is 2. The van der Waals surface area contributed by atoms with Gasteiger partial charge in [-0.2, -0.15) is 0 Å². The largest absolute Gasteiger partial charge is 0.407 e. The van der Waals surface area contributed by atoms with Crippen LogP contribution in [0.4, 0.5) is 0 Å². The molecule has 0 fully saturated rings. The van der Waals surface area contributed by atoms with Crippen molar-refractivity contribution in [1.82, 2.24) is 0 Å². The molecule has 0 aromatic heterocycles. The summed E-state index contributed by atoms with van der Waals surface area (Å²) in [7, 11) is 0. The van der Waals surface area contributed by atoms with E-state index < -0.39 is 11.8 Å². The molecule has 0 saturated carbocycles. The molecular weight excluding hydrogens is 110 g/mol.